The van der Waals surface area contributed by atoms with Gasteiger partial charge in [-0.3, -0.25) is 0 Å². The molecule has 28 heavy (non-hydrogen) atoms. The lowest BCUT2D eigenvalue weighted by atomic mass is 10.1. The predicted molar refractivity (Wildman–Crippen MR) is 96.8 cm³/mol. The largest absolute Gasteiger partial charge is 0.462 e. The van der Waals surface area contributed by atoms with Gasteiger partial charge in [0.05, 0.1) is 17.7 Å². The van der Waals surface area contributed by atoms with Crippen molar-refractivity contribution in [3.63, 3.8) is 0 Å². The van der Waals surface area contributed by atoms with Crippen molar-refractivity contribution < 1.29 is 32.2 Å². The van der Waals surface area contributed by atoms with Crippen molar-refractivity contribution in [1.82, 2.24) is 0 Å². The summed E-state index contributed by atoms with van der Waals surface area (Å²) in [6, 6.07) is 6.82. The van der Waals surface area contributed by atoms with Crippen LogP contribution in [0.2, 0.25) is 0 Å². The normalized spacial score (nSPS) is 10.6. The smallest absolute Gasteiger partial charge is 0.343 e. The average Bonchev–Trinajstić information content (AvgIpc) is 2.71. The molecular formula is C21H21F3O4. The van der Waals surface area contributed by atoms with E-state index in [1.165, 1.54) is 24.3 Å². The maximum atomic E-state index is 13.6. The zero-order chi connectivity index (χ0) is 20.5. The molecule has 0 aliphatic rings. The molecule has 150 valence electrons. The fraction of sp³-hybridized carbons (Fsp3) is 0.333. The van der Waals surface area contributed by atoms with Gasteiger partial charge in [-0.15, -0.1) is 0 Å². The SMILES string of the molecule is CCCCCCCOC(=O)c1ccc(C(=O)Oc2ccc(F)c(F)c2F)cc1. The van der Waals surface area contributed by atoms with Crippen LogP contribution in [0.3, 0.4) is 0 Å². The van der Waals surface area contributed by atoms with Crippen LogP contribution in [0.1, 0.15) is 59.7 Å². The predicted octanol–water partition coefficient (Wildman–Crippen LogP) is 5.45. The van der Waals surface area contributed by atoms with Crippen molar-refractivity contribution >= 4 is 11.9 Å². The molecule has 0 heterocycles. The van der Waals surface area contributed by atoms with Crippen LogP contribution in [0, 0.1) is 17.5 Å². The lowest BCUT2D eigenvalue weighted by Crippen LogP contribution is -2.11. The van der Waals surface area contributed by atoms with Gasteiger partial charge in [0.2, 0.25) is 5.82 Å². The van der Waals surface area contributed by atoms with E-state index in [0.717, 1.165) is 38.2 Å². The van der Waals surface area contributed by atoms with Crippen molar-refractivity contribution in [2.75, 3.05) is 6.61 Å². The van der Waals surface area contributed by atoms with E-state index >= 15 is 0 Å². The van der Waals surface area contributed by atoms with Gasteiger partial charge in [0.1, 0.15) is 0 Å². The first-order valence-corrected chi connectivity index (χ1v) is 9.07. The van der Waals surface area contributed by atoms with Crippen LogP contribution in [-0.4, -0.2) is 18.5 Å². The molecule has 2 aromatic rings. The summed E-state index contributed by atoms with van der Waals surface area (Å²) < 4.78 is 49.6. The summed E-state index contributed by atoms with van der Waals surface area (Å²) in [6.45, 7) is 2.44. The van der Waals surface area contributed by atoms with Gasteiger partial charge in [-0.2, -0.15) is 4.39 Å². The van der Waals surface area contributed by atoms with Gasteiger partial charge in [-0.05, 0) is 42.8 Å². The maximum Gasteiger partial charge on any atom is 0.343 e. The topological polar surface area (TPSA) is 52.6 Å². The molecular weight excluding hydrogens is 373 g/mol. The summed E-state index contributed by atoms with van der Waals surface area (Å²) in [4.78, 5) is 24.0. The van der Waals surface area contributed by atoms with Crippen LogP contribution in [0.15, 0.2) is 36.4 Å². The molecule has 0 spiro atoms. The Balaban J connectivity index is 1.90. The number of hydrogen-bond donors (Lipinski definition) is 0. The minimum atomic E-state index is -1.72. The summed E-state index contributed by atoms with van der Waals surface area (Å²) in [5.74, 6) is -6.91. The number of benzene rings is 2. The third kappa shape index (κ3) is 5.84. The molecule has 0 saturated heterocycles. The number of esters is 2. The molecule has 0 unspecified atom stereocenters. The lowest BCUT2D eigenvalue weighted by Gasteiger charge is -2.07. The maximum absolute atomic E-state index is 13.6. The molecule has 0 bridgehead atoms. The van der Waals surface area contributed by atoms with Crippen LogP contribution in [-0.2, 0) is 4.74 Å². The van der Waals surface area contributed by atoms with Gasteiger partial charge in [-0.25, -0.2) is 18.4 Å². The highest BCUT2D eigenvalue weighted by Gasteiger charge is 2.18. The van der Waals surface area contributed by atoms with Crippen molar-refractivity contribution in [2.45, 2.75) is 39.0 Å². The summed E-state index contributed by atoms with van der Waals surface area (Å²) in [7, 11) is 0. The second-order valence-corrected chi connectivity index (χ2v) is 6.19. The molecule has 0 aliphatic carbocycles. The highest BCUT2D eigenvalue weighted by atomic mass is 19.2. The van der Waals surface area contributed by atoms with Gasteiger partial charge in [-0.1, -0.05) is 32.6 Å². The van der Waals surface area contributed by atoms with E-state index in [2.05, 4.69) is 6.92 Å². The van der Waals surface area contributed by atoms with Gasteiger partial charge in [0, 0.05) is 0 Å². The molecule has 2 rings (SSSR count). The first kappa shape index (κ1) is 21.5. The lowest BCUT2D eigenvalue weighted by molar-refractivity contribution is 0.0497. The van der Waals surface area contributed by atoms with Crippen molar-refractivity contribution in [2.24, 2.45) is 0 Å². The molecule has 2 aromatic carbocycles. The zero-order valence-electron chi connectivity index (χ0n) is 15.5. The number of carbonyl (C=O) groups excluding carboxylic acids is 2. The molecule has 0 atom stereocenters. The van der Waals surface area contributed by atoms with E-state index in [1.54, 1.807) is 0 Å². The molecule has 0 aromatic heterocycles. The second-order valence-electron chi connectivity index (χ2n) is 6.19. The highest BCUT2D eigenvalue weighted by molar-refractivity contribution is 5.94. The van der Waals surface area contributed by atoms with Gasteiger partial charge in [0.25, 0.3) is 0 Å². The van der Waals surface area contributed by atoms with E-state index in [1.807, 2.05) is 0 Å². The van der Waals surface area contributed by atoms with Gasteiger partial charge in [0.15, 0.2) is 17.4 Å². The van der Waals surface area contributed by atoms with E-state index in [0.29, 0.717) is 12.7 Å². The standard InChI is InChI=1S/C21H21F3O4/c1-2-3-4-5-6-13-27-20(25)14-7-9-15(10-8-14)21(26)28-17-12-11-16(22)18(23)19(17)24/h7-12H,2-6,13H2,1H3. The van der Waals surface area contributed by atoms with Crippen LogP contribution >= 0.6 is 0 Å². The van der Waals surface area contributed by atoms with Crippen molar-refractivity contribution in [3.05, 3.63) is 65.0 Å². The number of hydrogen-bond acceptors (Lipinski definition) is 4. The zero-order valence-corrected chi connectivity index (χ0v) is 15.5. The Labute approximate surface area is 161 Å². The Hall–Kier alpha value is -2.83. The molecule has 0 amide bonds. The van der Waals surface area contributed by atoms with Crippen molar-refractivity contribution in [3.8, 4) is 5.75 Å². The van der Waals surface area contributed by atoms with Gasteiger partial charge >= 0.3 is 11.9 Å². The second kappa shape index (κ2) is 10.5. The molecule has 7 heteroatoms. The van der Waals surface area contributed by atoms with Crippen LogP contribution in [0.5, 0.6) is 5.75 Å². The first-order valence-electron chi connectivity index (χ1n) is 9.07. The van der Waals surface area contributed by atoms with Crippen LogP contribution in [0.4, 0.5) is 13.2 Å². The van der Waals surface area contributed by atoms with E-state index < -0.39 is 35.1 Å². The number of unbranched alkanes of at least 4 members (excludes halogenated alkanes) is 4. The summed E-state index contributed by atoms with van der Waals surface area (Å²) >= 11 is 0. The molecule has 4 nitrogen and oxygen atoms in total. The third-order valence-electron chi connectivity index (χ3n) is 4.04. The number of carbonyl (C=O) groups is 2. The first-order chi connectivity index (χ1) is 13.4. The van der Waals surface area contributed by atoms with E-state index in [-0.39, 0.29) is 11.1 Å². The fourth-order valence-corrected chi connectivity index (χ4v) is 2.44. The quantitative estimate of drug-likeness (QED) is 0.246. The average molecular weight is 394 g/mol. The molecule has 0 aliphatic heterocycles. The molecule has 0 radical (unpaired) electrons. The minimum Gasteiger partial charge on any atom is -0.462 e. The Morgan fingerprint density at radius 1 is 0.786 bits per heavy atom. The van der Waals surface area contributed by atoms with Crippen LogP contribution in [0.25, 0.3) is 0 Å². The molecule has 0 N–H and O–H groups in total. The minimum absolute atomic E-state index is 0.0141. The fourth-order valence-electron chi connectivity index (χ4n) is 2.44. The molecule has 0 saturated carbocycles. The summed E-state index contributed by atoms with van der Waals surface area (Å²) in [5, 5.41) is 0. The highest BCUT2D eigenvalue weighted by Crippen LogP contribution is 2.23. The Morgan fingerprint density at radius 3 is 2.04 bits per heavy atom. The van der Waals surface area contributed by atoms with E-state index in [9.17, 15) is 22.8 Å². The van der Waals surface area contributed by atoms with Crippen molar-refractivity contribution in [1.29, 1.82) is 0 Å². The van der Waals surface area contributed by atoms with E-state index in [4.69, 9.17) is 9.47 Å². The Kier molecular flexibility index (Phi) is 8.04. The number of rotatable bonds is 9. The van der Waals surface area contributed by atoms with Gasteiger partial charge < -0.3 is 9.47 Å². The number of ether oxygens (including phenoxy) is 2. The Morgan fingerprint density at radius 2 is 1.39 bits per heavy atom. The molecule has 0 fully saturated rings. The van der Waals surface area contributed by atoms with Crippen LogP contribution < -0.4 is 4.74 Å². The third-order valence-corrected chi connectivity index (χ3v) is 4.04. The summed E-state index contributed by atoms with van der Waals surface area (Å²) in [6.07, 6.45) is 5.17. The Bertz CT molecular complexity index is 819. The summed E-state index contributed by atoms with van der Waals surface area (Å²) in [5.41, 5.74) is 0.268. The monoisotopic (exact) mass is 394 g/mol. The number of halogens is 3.